The van der Waals surface area contributed by atoms with Crippen LogP contribution < -0.4 is 0 Å². The summed E-state index contributed by atoms with van der Waals surface area (Å²) in [5.41, 5.74) is 3.26. The SMILES string of the molecule is Cc1ccc2c(c1)nc(SCC(=O)O)n2CC1CCSC1. The summed E-state index contributed by atoms with van der Waals surface area (Å²) in [6, 6.07) is 6.26. The molecule has 1 unspecified atom stereocenters. The highest BCUT2D eigenvalue weighted by atomic mass is 32.2. The van der Waals surface area contributed by atoms with E-state index < -0.39 is 5.97 Å². The molecule has 1 aromatic heterocycles. The summed E-state index contributed by atoms with van der Waals surface area (Å²) in [6.07, 6.45) is 1.24. The van der Waals surface area contributed by atoms with Crippen LogP contribution in [0, 0.1) is 12.8 Å². The highest BCUT2D eigenvalue weighted by Gasteiger charge is 2.20. The minimum Gasteiger partial charge on any atom is -0.481 e. The Labute approximate surface area is 132 Å². The average molecular weight is 322 g/mol. The van der Waals surface area contributed by atoms with Crippen LogP contribution in [-0.2, 0) is 11.3 Å². The maximum absolute atomic E-state index is 10.8. The van der Waals surface area contributed by atoms with E-state index in [1.165, 1.54) is 35.3 Å². The van der Waals surface area contributed by atoms with E-state index in [2.05, 4.69) is 34.7 Å². The van der Waals surface area contributed by atoms with Gasteiger partial charge in [0.1, 0.15) is 0 Å². The molecule has 2 heterocycles. The van der Waals surface area contributed by atoms with Gasteiger partial charge in [0.15, 0.2) is 5.16 Å². The van der Waals surface area contributed by atoms with Crippen molar-refractivity contribution in [2.45, 2.75) is 25.0 Å². The molecular weight excluding hydrogens is 304 g/mol. The maximum atomic E-state index is 10.8. The van der Waals surface area contributed by atoms with Crippen molar-refractivity contribution in [3.63, 3.8) is 0 Å². The predicted octanol–water partition coefficient (Wildman–Crippen LogP) is 3.27. The third kappa shape index (κ3) is 3.37. The Morgan fingerprint density at radius 2 is 2.43 bits per heavy atom. The lowest BCUT2D eigenvalue weighted by Gasteiger charge is -2.13. The van der Waals surface area contributed by atoms with Gasteiger partial charge in [-0.1, -0.05) is 17.8 Å². The number of hydrogen-bond acceptors (Lipinski definition) is 4. The van der Waals surface area contributed by atoms with Gasteiger partial charge in [-0.05, 0) is 48.5 Å². The van der Waals surface area contributed by atoms with Gasteiger partial charge in [0, 0.05) is 6.54 Å². The summed E-state index contributed by atoms with van der Waals surface area (Å²) in [5, 5.41) is 9.74. The standard InChI is InChI=1S/C15H18N2O2S2/c1-10-2-3-13-12(6-10)16-15(21-9-14(18)19)17(13)7-11-4-5-20-8-11/h2-3,6,11H,4-5,7-9H2,1H3,(H,18,19). The van der Waals surface area contributed by atoms with E-state index in [1.807, 2.05) is 11.8 Å². The molecular formula is C15H18N2O2S2. The average Bonchev–Trinajstić information content (AvgIpc) is 3.05. The van der Waals surface area contributed by atoms with Crippen molar-refractivity contribution >= 4 is 40.5 Å². The molecule has 0 bridgehead atoms. The smallest absolute Gasteiger partial charge is 0.313 e. The largest absolute Gasteiger partial charge is 0.481 e. The van der Waals surface area contributed by atoms with Crippen molar-refractivity contribution in [3.8, 4) is 0 Å². The minimum atomic E-state index is -0.800. The second-order valence-corrected chi connectivity index (χ2v) is 7.50. The number of imidazole rings is 1. The zero-order chi connectivity index (χ0) is 14.8. The van der Waals surface area contributed by atoms with Gasteiger partial charge in [-0.3, -0.25) is 4.79 Å². The topological polar surface area (TPSA) is 55.1 Å². The van der Waals surface area contributed by atoms with Crippen LogP contribution in [-0.4, -0.2) is 37.9 Å². The molecule has 1 saturated heterocycles. The molecule has 0 radical (unpaired) electrons. The van der Waals surface area contributed by atoms with Crippen molar-refractivity contribution < 1.29 is 9.90 Å². The lowest BCUT2D eigenvalue weighted by atomic mass is 10.1. The predicted molar refractivity (Wildman–Crippen MR) is 88.3 cm³/mol. The van der Waals surface area contributed by atoms with Gasteiger partial charge in [0.2, 0.25) is 0 Å². The Morgan fingerprint density at radius 1 is 1.57 bits per heavy atom. The van der Waals surface area contributed by atoms with Crippen molar-refractivity contribution in [1.29, 1.82) is 0 Å². The van der Waals surface area contributed by atoms with Gasteiger partial charge < -0.3 is 9.67 Å². The first-order valence-corrected chi connectivity index (χ1v) is 9.17. The molecule has 3 rings (SSSR count). The number of nitrogens with zero attached hydrogens (tertiary/aromatic N) is 2. The lowest BCUT2D eigenvalue weighted by molar-refractivity contribution is -0.133. The van der Waals surface area contributed by atoms with Gasteiger partial charge in [0.05, 0.1) is 16.8 Å². The number of benzene rings is 1. The van der Waals surface area contributed by atoms with Gasteiger partial charge in [-0.2, -0.15) is 11.8 Å². The molecule has 0 saturated carbocycles. The van der Waals surface area contributed by atoms with Crippen LogP contribution in [0.15, 0.2) is 23.4 Å². The first kappa shape index (κ1) is 14.8. The quantitative estimate of drug-likeness (QED) is 0.856. The number of hydrogen-bond donors (Lipinski definition) is 1. The molecule has 0 amide bonds. The second kappa shape index (κ2) is 6.32. The van der Waals surface area contributed by atoms with E-state index in [1.54, 1.807) is 0 Å². The van der Waals surface area contributed by atoms with Crippen molar-refractivity contribution in [2.75, 3.05) is 17.3 Å². The molecule has 1 atom stereocenters. The number of rotatable bonds is 5. The lowest BCUT2D eigenvalue weighted by Crippen LogP contribution is -2.11. The van der Waals surface area contributed by atoms with E-state index in [9.17, 15) is 4.79 Å². The Morgan fingerprint density at radius 3 is 3.14 bits per heavy atom. The van der Waals surface area contributed by atoms with E-state index in [0.29, 0.717) is 5.92 Å². The Bertz CT molecular complexity index is 663. The highest BCUT2D eigenvalue weighted by Crippen LogP contribution is 2.30. The van der Waals surface area contributed by atoms with E-state index >= 15 is 0 Å². The Hall–Kier alpha value is -1.14. The maximum Gasteiger partial charge on any atom is 0.313 e. The second-order valence-electron chi connectivity index (χ2n) is 5.41. The molecule has 112 valence electrons. The minimum absolute atomic E-state index is 0.0573. The number of aromatic nitrogens is 2. The number of aliphatic carboxylic acids is 1. The summed E-state index contributed by atoms with van der Waals surface area (Å²) in [6.45, 7) is 2.99. The van der Waals surface area contributed by atoms with E-state index in [4.69, 9.17) is 5.11 Å². The van der Waals surface area contributed by atoms with Crippen LogP contribution in [0.2, 0.25) is 0 Å². The van der Waals surface area contributed by atoms with Crippen molar-refractivity contribution in [1.82, 2.24) is 9.55 Å². The summed E-state index contributed by atoms with van der Waals surface area (Å²) in [5.74, 6) is 2.34. The molecule has 2 aromatic rings. The third-order valence-electron chi connectivity index (χ3n) is 3.66. The van der Waals surface area contributed by atoms with Gasteiger partial charge in [-0.15, -0.1) is 0 Å². The zero-order valence-corrected chi connectivity index (χ0v) is 13.5. The number of fused-ring (bicyclic) bond motifs is 1. The van der Waals surface area contributed by atoms with Gasteiger partial charge in [-0.25, -0.2) is 4.98 Å². The van der Waals surface area contributed by atoms with Gasteiger partial charge >= 0.3 is 5.97 Å². The van der Waals surface area contributed by atoms with Crippen LogP contribution in [0.5, 0.6) is 0 Å². The zero-order valence-electron chi connectivity index (χ0n) is 11.9. The van der Waals surface area contributed by atoms with Crippen molar-refractivity contribution in [3.05, 3.63) is 23.8 Å². The van der Waals surface area contributed by atoms with Crippen LogP contribution in [0.4, 0.5) is 0 Å². The molecule has 1 aromatic carbocycles. The molecule has 0 spiro atoms. The number of aryl methyl sites for hydroxylation is 1. The number of carbonyl (C=O) groups is 1. The van der Waals surface area contributed by atoms with Crippen LogP contribution in [0.1, 0.15) is 12.0 Å². The number of carboxylic acid groups (broad SMARTS) is 1. The molecule has 1 aliphatic heterocycles. The Kier molecular flexibility index (Phi) is 4.45. The van der Waals surface area contributed by atoms with Crippen LogP contribution >= 0.6 is 23.5 Å². The molecule has 21 heavy (non-hydrogen) atoms. The summed E-state index contributed by atoms with van der Waals surface area (Å²) in [7, 11) is 0. The summed E-state index contributed by atoms with van der Waals surface area (Å²) in [4.78, 5) is 15.5. The molecule has 4 nitrogen and oxygen atoms in total. The van der Waals surface area contributed by atoms with E-state index in [0.717, 1.165) is 22.7 Å². The summed E-state index contributed by atoms with van der Waals surface area (Å²) >= 11 is 3.32. The van der Waals surface area contributed by atoms with E-state index in [-0.39, 0.29) is 5.75 Å². The first-order valence-electron chi connectivity index (χ1n) is 7.02. The summed E-state index contributed by atoms with van der Waals surface area (Å²) < 4.78 is 2.21. The number of thioether (sulfide) groups is 2. The highest BCUT2D eigenvalue weighted by molar-refractivity contribution is 7.99. The number of carboxylic acids is 1. The molecule has 1 fully saturated rings. The van der Waals surface area contributed by atoms with Gasteiger partial charge in [0.25, 0.3) is 0 Å². The molecule has 0 aliphatic carbocycles. The molecule has 1 aliphatic rings. The molecule has 1 N–H and O–H groups in total. The monoisotopic (exact) mass is 322 g/mol. The fourth-order valence-electron chi connectivity index (χ4n) is 2.62. The third-order valence-corrected chi connectivity index (χ3v) is 5.85. The fraction of sp³-hybridized carbons (Fsp3) is 0.467. The van der Waals surface area contributed by atoms with Crippen molar-refractivity contribution in [2.24, 2.45) is 5.92 Å². The normalized spacial score (nSPS) is 18.4. The fourth-order valence-corrected chi connectivity index (χ4v) is 4.63. The molecule has 6 heteroatoms. The van der Waals surface area contributed by atoms with Crippen LogP contribution in [0.3, 0.4) is 0 Å². The first-order chi connectivity index (χ1) is 10.1. The van der Waals surface area contributed by atoms with Crippen LogP contribution in [0.25, 0.3) is 11.0 Å². The Balaban J connectivity index is 1.95.